The molecule has 0 aromatic heterocycles. The van der Waals surface area contributed by atoms with Gasteiger partial charge in [0, 0.05) is 24.7 Å². The molecule has 2 aliphatic heterocycles. The van der Waals surface area contributed by atoms with Crippen molar-refractivity contribution in [2.45, 2.75) is 37.8 Å². The van der Waals surface area contributed by atoms with Crippen molar-refractivity contribution in [3.8, 4) is 5.75 Å². The van der Waals surface area contributed by atoms with Crippen LogP contribution in [0, 0.1) is 5.82 Å². The number of carbonyl (C=O) groups excluding carboxylic acids is 1. The zero-order valence-electron chi connectivity index (χ0n) is 13.2. The average molecular weight is 306 g/mol. The first kappa shape index (κ1) is 15.3. The molecule has 4 nitrogen and oxygen atoms in total. The third-order valence-electron chi connectivity index (χ3n) is 4.99. The van der Waals surface area contributed by atoms with E-state index in [0.717, 1.165) is 32.4 Å². The van der Waals surface area contributed by atoms with Crippen LogP contribution in [0.15, 0.2) is 18.2 Å². The fourth-order valence-electron chi connectivity index (χ4n) is 3.82. The number of likely N-dealkylation sites (tertiary alicyclic amines) is 2. The molecule has 0 spiro atoms. The molecule has 1 aromatic carbocycles. The number of rotatable bonds is 3. The van der Waals surface area contributed by atoms with E-state index < -0.39 is 5.82 Å². The van der Waals surface area contributed by atoms with E-state index in [1.165, 1.54) is 25.7 Å². The molecule has 0 bridgehead atoms. The van der Waals surface area contributed by atoms with E-state index in [0.29, 0.717) is 11.8 Å². The molecule has 5 heteroatoms. The number of carbonyl (C=O) groups is 1. The monoisotopic (exact) mass is 306 g/mol. The van der Waals surface area contributed by atoms with Crippen molar-refractivity contribution in [2.24, 2.45) is 0 Å². The molecule has 0 saturated carbocycles. The van der Waals surface area contributed by atoms with E-state index in [4.69, 9.17) is 4.74 Å². The standard InChI is InChI=1S/C17H23FN2O2/c1-19-9-3-5-15(19)16-6-4-10-20(16)17(21)13-8-7-12(22-2)11-14(13)18/h7-8,11,15-16H,3-6,9-10H2,1-2H3/t15-,16+/m1/s1. The van der Waals surface area contributed by atoms with Crippen LogP contribution in [0.2, 0.25) is 0 Å². The summed E-state index contributed by atoms with van der Waals surface area (Å²) in [6.45, 7) is 1.80. The SMILES string of the molecule is COc1ccc(C(=O)N2CCC[C@H]2[C@H]2CCCN2C)c(F)c1. The van der Waals surface area contributed by atoms with Crippen molar-refractivity contribution in [1.29, 1.82) is 0 Å². The molecule has 1 aromatic rings. The molecule has 2 atom stereocenters. The van der Waals surface area contributed by atoms with E-state index in [2.05, 4.69) is 11.9 Å². The Kier molecular flexibility index (Phi) is 4.34. The average Bonchev–Trinajstić information content (AvgIpc) is 3.14. The van der Waals surface area contributed by atoms with Gasteiger partial charge in [0.2, 0.25) is 0 Å². The van der Waals surface area contributed by atoms with Crippen molar-refractivity contribution in [2.75, 3.05) is 27.2 Å². The number of benzene rings is 1. The fraction of sp³-hybridized carbons (Fsp3) is 0.588. The van der Waals surface area contributed by atoms with Crippen molar-refractivity contribution in [1.82, 2.24) is 9.80 Å². The maximum Gasteiger partial charge on any atom is 0.257 e. The third kappa shape index (κ3) is 2.70. The van der Waals surface area contributed by atoms with Crippen molar-refractivity contribution >= 4 is 5.91 Å². The van der Waals surface area contributed by atoms with Crippen LogP contribution in [0.5, 0.6) is 5.75 Å². The van der Waals surface area contributed by atoms with E-state index in [1.54, 1.807) is 6.07 Å². The summed E-state index contributed by atoms with van der Waals surface area (Å²) in [5.41, 5.74) is 0.147. The molecule has 2 fully saturated rings. The van der Waals surface area contributed by atoms with E-state index in [-0.39, 0.29) is 17.5 Å². The molecule has 0 unspecified atom stereocenters. The summed E-state index contributed by atoms with van der Waals surface area (Å²) in [7, 11) is 3.61. The van der Waals surface area contributed by atoms with Crippen LogP contribution in [-0.2, 0) is 0 Å². The molecule has 2 saturated heterocycles. The largest absolute Gasteiger partial charge is 0.497 e. The first-order chi connectivity index (χ1) is 10.6. The summed E-state index contributed by atoms with van der Waals surface area (Å²) >= 11 is 0. The fourth-order valence-corrected chi connectivity index (χ4v) is 3.82. The normalized spacial score (nSPS) is 25.7. The lowest BCUT2D eigenvalue weighted by Crippen LogP contribution is -2.47. The van der Waals surface area contributed by atoms with Crippen LogP contribution in [0.1, 0.15) is 36.0 Å². The van der Waals surface area contributed by atoms with Crippen LogP contribution in [0.3, 0.4) is 0 Å². The van der Waals surface area contributed by atoms with E-state index >= 15 is 0 Å². The summed E-state index contributed by atoms with van der Waals surface area (Å²) in [6.07, 6.45) is 4.31. The minimum atomic E-state index is -0.505. The first-order valence-corrected chi connectivity index (χ1v) is 7.96. The van der Waals surface area contributed by atoms with Gasteiger partial charge in [-0.05, 0) is 51.4 Å². The topological polar surface area (TPSA) is 32.8 Å². The summed E-state index contributed by atoms with van der Waals surface area (Å²) in [5.74, 6) is -0.264. The highest BCUT2D eigenvalue weighted by atomic mass is 19.1. The number of likely N-dealkylation sites (N-methyl/N-ethyl adjacent to an activating group) is 1. The number of nitrogens with zero attached hydrogens (tertiary/aromatic N) is 2. The van der Waals surface area contributed by atoms with Gasteiger partial charge < -0.3 is 14.5 Å². The van der Waals surface area contributed by atoms with Gasteiger partial charge in [-0.25, -0.2) is 4.39 Å². The molecule has 2 heterocycles. The molecular weight excluding hydrogens is 283 g/mol. The van der Waals surface area contributed by atoms with Gasteiger partial charge in [-0.3, -0.25) is 4.79 Å². The molecule has 0 radical (unpaired) electrons. The first-order valence-electron chi connectivity index (χ1n) is 7.96. The van der Waals surface area contributed by atoms with Crippen LogP contribution in [0.4, 0.5) is 4.39 Å². The Morgan fingerprint density at radius 1 is 1.23 bits per heavy atom. The highest BCUT2D eigenvalue weighted by Crippen LogP contribution is 2.30. The number of methoxy groups -OCH3 is 1. The minimum Gasteiger partial charge on any atom is -0.497 e. The Morgan fingerprint density at radius 3 is 2.59 bits per heavy atom. The molecular formula is C17H23FN2O2. The van der Waals surface area contributed by atoms with Crippen LogP contribution in [0.25, 0.3) is 0 Å². The number of amides is 1. The highest BCUT2D eigenvalue weighted by molar-refractivity contribution is 5.95. The van der Waals surface area contributed by atoms with Crippen LogP contribution < -0.4 is 4.74 Å². The van der Waals surface area contributed by atoms with Gasteiger partial charge in [0.25, 0.3) is 5.91 Å². The maximum absolute atomic E-state index is 14.2. The van der Waals surface area contributed by atoms with Gasteiger partial charge in [-0.1, -0.05) is 0 Å². The summed E-state index contributed by atoms with van der Waals surface area (Å²) in [5, 5.41) is 0. The van der Waals surface area contributed by atoms with Gasteiger partial charge in [0.15, 0.2) is 0 Å². The Balaban J connectivity index is 1.81. The summed E-state index contributed by atoms with van der Waals surface area (Å²) in [4.78, 5) is 17.0. The van der Waals surface area contributed by atoms with Gasteiger partial charge in [-0.2, -0.15) is 0 Å². The summed E-state index contributed by atoms with van der Waals surface area (Å²) < 4.78 is 19.2. The Hall–Kier alpha value is -1.62. The third-order valence-corrected chi connectivity index (χ3v) is 4.99. The van der Waals surface area contributed by atoms with Gasteiger partial charge in [-0.15, -0.1) is 0 Å². The van der Waals surface area contributed by atoms with Gasteiger partial charge >= 0.3 is 0 Å². The van der Waals surface area contributed by atoms with Crippen LogP contribution in [-0.4, -0.2) is 55.0 Å². The second kappa shape index (κ2) is 6.24. The number of halogens is 1. The second-order valence-corrected chi connectivity index (χ2v) is 6.24. The second-order valence-electron chi connectivity index (χ2n) is 6.24. The highest BCUT2D eigenvalue weighted by Gasteiger charge is 2.39. The predicted molar refractivity (Wildman–Crippen MR) is 82.7 cm³/mol. The lowest BCUT2D eigenvalue weighted by molar-refractivity contribution is 0.0659. The number of hydrogen-bond donors (Lipinski definition) is 0. The summed E-state index contributed by atoms with van der Waals surface area (Å²) in [6, 6.07) is 5.07. The molecule has 0 aliphatic carbocycles. The van der Waals surface area contributed by atoms with E-state index in [9.17, 15) is 9.18 Å². The lowest BCUT2D eigenvalue weighted by atomic mass is 10.0. The Morgan fingerprint density at radius 2 is 1.95 bits per heavy atom. The molecule has 120 valence electrons. The molecule has 22 heavy (non-hydrogen) atoms. The van der Waals surface area contributed by atoms with E-state index in [1.807, 2.05) is 4.90 Å². The predicted octanol–water partition coefficient (Wildman–Crippen LogP) is 2.53. The zero-order valence-corrected chi connectivity index (χ0v) is 13.2. The number of ether oxygens (including phenoxy) is 1. The van der Waals surface area contributed by atoms with Gasteiger partial charge in [0.05, 0.1) is 12.7 Å². The lowest BCUT2D eigenvalue weighted by Gasteiger charge is -2.33. The van der Waals surface area contributed by atoms with Crippen LogP contribution >= 0.6 is 0 Å². The van der Waals surface area contributed by atoms with Crippen molar-refractivity contribution in [3.05, 3.63) is 29.6 Å². The molecule has 2 aliphatic rings. The zero-order chi connectivity index (χ0) is 15.7. The quantitative estimate of drug-likeness (QED) is 0.860. The Labute approximate surface area is 130 Å². The molecule has 1 amide bonds. The minimum absolute atomic E-state index is 0.147. The number of hydrogen-bond acceptors (Lipinski definition) is 3. The smallest absolute Gasteiger partial charge is 0.257 e. The van der Waals surface area contributed by atoms with Crippen molar-refractivity contribution < 1.29 is 13.9 Å². The molecule has 0 N–H and O–H groups in total. The van der Waals surface area contributed by atoms with Crippen molar-refractivity contribution in [3.63, 3.8) is 0 Å². The molecule has 3 rings (SSSR count). The Bertz CT molecular complexity index is 564. The maximum atomic E-state index is 14.2. The van der Waals surface area contributed by atoms with Gasteiger partial charge in [0.1, 0.15) is 11.6 Å².